The Balaban J connectivity index is 2.39. The fourth-order valence-corrected chi connectivity index (χ4v) is 1.61. The van der Waals surface area contributed by atoms with Crippen LogP contribution in [0.2, 0.25) is 0 Å². The molecule has 0 aliphatic heterocycles. The number of nitrogens with one attached hydrogen (secondary N) is 1. The number of amides is 1. The molecule has 2 unspecified atom stereocenters. The number of rotatable bonds is 6. The normalized spacial score (nSPS) is 14.2. The molecule has 0 saturated carbocycles. The molecule has 0 heterocycles. The second-order valence-electron chi connectivity index (χ2n) is 5.30. The number of aliphatic hydroxyl groups is 1. The predicted octanol–water partition coefficient (Wildman–Crippen LogP) is 2.66. The second kappa shape index (κ2) is 7.24. The Morgan fingerprint density at radius 3 is 2.37 bits per heavy atom. The van der Waals surface area contributed by atoms with Crippen LogP contribution < -0.4 is 5.32 Å². The topological polar surface area (TPSA) is 49.3 Å². The molecule has 1 aromatic carbocycles. The van der Waals surface area contributed by atoms with Crippen LogP contribution in [0.5, 0.6) is 0 Å². The number of hydrogen-bond acceptors (Lipinski definition) is 2. The first kappa shape index (κ1) is 15.6. The van der Waals surface area contributed by atoms with Gasteiger partial charge in [-0.1, -0.05) is 32.9 Å². The highest BCUT2D eigenvalue weighted by atomic mass is 19.1. The maximum atomic E-state index is 12.7. The highest BCUT2D eigenvalue weighted by Gasteiger charge is 2.14. The molecule has 0 aromatic heterocycles. The van der Waals surface area contributed by atoms with Gasteiger partial charge >= 0.3 is 0 Å². The van der Waals surface area contributed by atoms with Crippen molar-refractivity contribution >= 4 is 5.91 Å². The summed E-state index contributed by atoms with van der Waals surface area (Å²) in [6.07, 6.45) is -0.354. The number of carbonyl (C=O) groups is 1. The van der Waals surface area contributed by atoms with Crippen LogP contribution >= 0.6 is 0 Å². The van der Waals surface area contributed by atoms with E-state index < -0.39 is 6.10 Å². The van der Waals surface area contributed by atoms with E-state index in [0.29, 0.717) is 23.8 Å². The van der Waals surface area contributed by atoms with E-state index in [1.54, 1.807) is 0 Å². The molecule has 106 valence electrons. The number of halogens is 1. The molecule has 0 aliphatic rings. The molecular formula is C15H22FNO2. The lowest BCUT2D eigenvalue weighted by Crippen LogP contribution is -2.30. The molecule has 0 bridgehead atoms. The predicted molar refractivity (Wildman–Crippen MR) is 73.0 cm³/mol. The minimum absolute atomic E-state index is 0.0673. The van der Waals surface area contributed by atoms with Crippen LogP contribution in [0, 0.1) is 17.7 Å². The largest absolute Gasteiger partial charge is 0.387 e. The molecule has 0 aliphatic carbocycles. The number of carbonyl (C=O) groups excluding carboxylic acids is 1. The van der Waals surface area contributed by atoms with Gasteiger partial charge < -0.3 is 10.4 Å². The van der Waals surface area contributed by atoms with Crippen molar-refractivity contribution < 1.29 is 14.3 Å². The maximum Gasteiger partial charge on any atom is 0.220 e. The third kappa shape index (κ3) is 5.39. The summed E-state index contributed by atoms with van der Waals surface area (Å²) in [6.45, 7) is 6.33. The summed E-state index contributed by atoms with van der Waals surface area (Å²) < 4.78 is 12.7. The van der Waals surface area contributed by atoms with E-state index in [-0.39, 0.29) is 18.3 Å². The van der Waals surface area contributed by atoms with E-state index in [9.17, 15) is 14.3 Å². The van der Waals surface area contributed by atoms with E-state index in [2.05, 4.69) is 19.2 Å². The molecule has 1 aromatic rings. The molecule has 0 fully saturated rings. The van der Waals surface area contributed by atoms with Crippen molar-refractivity contribution in [3.05, 3.63) is 35.6 Å². The van der Waals surface area contributed by atoms with Gasteiger partial charge in [0.15, 0.2) is 0 Å². The van der Waals surface area contributed by atoms with Gasteiger partial charge in [0.05, 0.1) is 6.10 Å². The zero-order chi connectivity index (χ0) is 14.4. The zero-order valence-electron chi connectivity index (χ0n) is 11.7. The minimum atomic E-state index is -0.807. The first-order chi connectivity index (χ1) is 8.90. The summed E-state index contributed by atoms with van der Waals surface area (Å²) in [5.74, 6) is 0.351. The summed E-state index contributed by atoms with van der Waals surface area (Å²) in [5, 5.41) is 12.6. The van der Waals surface area contributed by atoms with Crippen molar-refractivity contribution in [1.82, 2.24) is 5.32 Å². The Morgan fingerprint density at radius 1 is 1.26 bits per heavy atom. The van der Waals surface area contributed by atoms with E-state index >= 15 is 0 Å². The lowest BCUT2D eigenvalue weighted by molar-refractivity contribution is -0.122. The third-order valence-electron chi connectivity index (χ3n) is 3.39. The monoisotopic (exact) mass is 267 g/mol. The fraction of sp³-hybridized carbons (Fsp3) is 0.533. The van der Waals surface area contributed by atoms with Crippen LogP contribution in [0.3, 0.4) is 0 Å². The van der Waals surface area contributed by atoms with Crippen molar-refractivity contribution in [2.45, 2.75) is 33.3 Å². The first-order valence-electron chi connectivity index (χ1n) is 6.60. The van der Waals surface area contributed by atoms with Gasteiger partial charge in [-0.25, -0.2) is 4.39 Å². The average Bonchev–Trinajstić information content (AvgIpc) is 2.36. The Kier molecular flexibility index (Phi) is 5.96. The first-order valence-corrected chi connectivity index (χ1v) is 6.60. The molecule has 1 rings (SSSR count). The van der Waals surface area contributed by atoms with Crippen LogP contribution in [-0.4, -0.2) is 17.6 Å². The summed E-state index contributed by atoms with van der Waals surface area (Å²) >= 11 is 0. The van der Waals surface area contributed by atoms with Gasteiger partial charge in [0.2, 0.25) is 5.91 Å². The average molecular weight is 267 g/mol. The van der Waals surface area contributed by atoms with Gasteiger partial charge in [-0.15, -0.1) is 0 Å². The van der Waals surface area contributed by atoms with Crippen molar-refractivity contribution in [1.29, 1.82) is 0 Å². The van der Waals surface area contributed by atoms with Gasteiger partial charge in [-0.05, 0) is 29.5 Å². The van der Waals surface area contributed by atoms with Crippen LogP contribution in [0.4, 0.5) is 4.39 Å². The van der Waals surface area contributed by atoms with Crippen LogP contribution in [0.25, 0.3) is 0 Å². The summed E-state index contributed by atoms with van der Waals surface area (Å²) in [6, 6.07) is 5.62. The number of benzene rings is 1. The van der Waals surface area contributed by atoms with Crippen LogP contribution in [0.15, 0.2) is 24.3 Å². The standard InChI is InChI=1S/C15H22FNO2/c1-10(2)11(3)8-15(19)17-9-14(18)12-4-6-13(16)7-5-12/h4-7,10-11,14,18H,8-9H2,1-3H3,(H,17,19). The van der Waals surface area contributed by atoms with Gasteiger partial charge in [0, 0.05) is 13.0 Å². The van der Waals surface area contributed by atoms with Crippen molar-refractivity contribution in [2.24, 2.45) is 11.8 Å². The molecule has 0 saturated heterocycles. The second-order valence-corrected chi connectivity index (χ2v) is 5.30. The van der Waals surface area contributed by atoms with E-state index in [1.165, 1.54) is 24.3 Å². The fourth-order valence-electron chi connectivity index (χ4n) is 1.61. The molecule has 19 heavy (non-hydrogen) atoms. The summed E-state index contributed by atoms with van der Waals surface area (Å²) in [4.78, 5) is 11.7. The molecule has 0 radical (unpaired) electrons. The molecule has 4 heteroatoms. The lowest BCUT2D eigenvalue weighted by Gasteiger charge is -2.16. The third-order valence-corrected chi connectivity index (χ3v) is 3.39. The summed E-state index contributed by atoms with van der Waals surface area (Å²) in [5.41, 5.74) is 0.596. The summed E-state index contributed by atoms with van der Waals surface area (Å²) in [7, 11) is 0. The Morgan fingerprint density at radius 2 is 1.84 bits per heavy atom. The van der Waals surface area contributed by atoms with Gasteiger partial charge in [-0.2, -0.15) is 0 Å². The Labute approximate surface area is 113 Å². The smallest absolute Gasteiger partial charge is 0.220 e. The molecule has 0 spiro atoms. The minimum Gasteiger partial charge on any atom is -0.387 e. The zero-order valence-corrected chi connectivity index (χ0v) is 11.7. The lowest BCUT2D eigenvalue weighted by atomic mass is 9.94. The molecule has 1 amide bonds. The van der Waals surface area contributed by atoms with E-state index in [4.69, 9.17) is 0 Å². The number of aliphatic hydroxyl groups excluding tert-OH is 1. The van der Waals surface area contributed by atoms with E-state index in [1.807, 2.05) is 6.92 Å². The van der Waals surface area contributed by atoms with E-state index in [0.717, 1.165) is 0 Å². The molecular weight excluding hydrogens is 245 g/mol. The quantitative estimate of drug-likeness (QED) is 0.832. The van der Waals surface area contributed by atoms with Crippen molar-refractivity contribution in [3.63, 3.8) is 0 Å². The Hall–Kier alpha value is -1.42. The van der Waals surface area contributed by atoms with Gasteiger partial charge in [0.1, 0.15) is 5.82 Å². The van der Waals surface area contributed by atoms with Gasteiger partial charge in [0.25, 0.3) is 0 Å². The van der Waals surface area contributed by atoms with Crippen molar-refractivity contribution in [3.8, 4) is 0 Å². The Bertz CT molecular complexity index is 403. The van der Waals surface area contributed by atoms with Crippen LogP contribution in [-0.2, 0) is 4.79 Å². The highest BCUT2D eigenvalue weighted by molar-refractivity contribution is 5.76. The van der Waals surface area contributed by atoms with Crippen molar-refractivity contribution in [2.75, 3.05) is 6.54 Å². The SMILES string of the molecule is CC(C)C(C)CC(=O)NCC(O)c1ccc(F)cc1. The van der Waals surface area contributed by atoms with Gasteiger partial charge in [-0.3, -0.25) is 4.79 Å². The maximum absolute atomic E-state index is 12.7. The molecule has 2 atom stereocenters. The molecule has 3 nitrogen and oxygen atoms in total. The highest BCUT2D eigenvalue weighted by Crippen LogP contribution is 2.15. The number of hydrogen-bond donors (Lipinski definition) is 2. The molecule has 2 N–H and O–H groups in total. The van der Waals surface area contributed by atoms with Crippen LogP contribution in [0.1, 0.15) is 38.9 Å².